The molecule has 3 fully saturated rings. The van der Waals surface area contributed by atoms with Crippen molar-refractivity contribution in [2.24, 2.45) is 0 Å². The first-order chi connectivity index (χ1) is 15.7. The molecule has 3 saturated heterocycles. The standard InChI is InChI=1S/C21H31N3O8S/c25-14(7-3-1-2-4-10-19(28)32-24-17(26)11-12-18(24)27)8-5-6-9-16-20-15(13-33(16,30)31)22-21(29)23-20/h15-16,20H,1-13H2,(H2,22,23,29)/t15-,16-,20-/m0/s1. The molecule has 3 aliphatic heterocycles. The first kappa shape index (κ1) is 25.1. The number of carbonyl (C=O) groups is 5. The summed E-state index contributed by atoms with van der Waals surface area (Å²) < 4.78 is 24.6. The fourth-order valence-electron chi connectivity index (χ4n) is 4.55. The molecule has 0 bridgehead atoms. The van der Waals surface area contributed by atoms with Gasteiger partial charge in [-0.1, -0.05) is 19.3 Å². The third-order valence-electron chi connectivity index (χ3n) is 6.30. The molecule has 0 aromatic heterocycles. The van der Waals surface area contributed by atoms with Crippen molar-refractivity contribution in [1.82, 2.24) is 15.7 Å². The topological polar surface area (TPSA) is 156 Å². The Kier molecular flexibility index (Phi) is 8.44. The number of hydrogen-bond donors (Lipinski definition) is 2. The van der Waals surface area contributed by atoms with Crippen LogP contribution in [-0.2, 0) is 33.9 Å². The Labute approximate surface area is 192 Å². The highest BCUT2D eigenvalue weighted by molar-refractivity contribution is 7.92. The van der Waals surface area contributed by atoms with Crippen molar-refractivity contribution in [3.63, 3.8) is 0 Å². The van der Waals surface area contributed by atoms with Crippen LogP contribution in [0.4, 0.5) is 4.79 Å². The zero-order valence-electron chi connectivity index (χ0n) is 18.5. The minimum Gasteiger partial charge on any atom is -0.332 e. The monoisotopic (exact) mass is 485 g/mol. The van der Waals surface area contributed by atoms with E-state index in [1.807, 2.05) is 0 Å². The zero-order chi connectivity index (χ0) is 24.0. The molecule has 0 unspecified atom stereocenters. The highest BCUT2D eigenvalue weighted by Gasteiger charge is 2.51. The van der Waals surface area contributed by atoms with Crippen molar-refractivity contribution in [3.8, 4) is 0 Å². The van der Waals surface area contributed by atoms with Crippen LogP contribution in [0.3, 0.4) is 0 Å². The second kappa shape index (κ2) is 11.1. The van der Waals surface area contributed by atoms with Gasteiger partial charge in [-0.15, -0.1) is 5.06 Å². The number of urea groups is 1. The molecule has 12 heteroatoms. The van der Waals surface area contributed by atoms with Crippen molar-refractivity contribution < 1.29 is 37.2 Å². The Hall–Kier alpha value is -2.50. The number of hydrogen-bond acceptors (Lipinski definition) is 8. The van der Waals surface area contributed by atoms with Crippen molar-refractivity contribution >= 4 is 39.4 Å². The first-order valence-electron chi connectivity index (χ1n) is 11.5. The summed E-state index contributed by atoms with van der Waals surface area (Å²) in [5.41, 5.74) is 0. The van der Waals surface area contributed by atoms with Crippen LogP contribution in [-0.4, -0.2) is 66.2 Å². The lowest BCUT2D eigenvalue weighted by Gasteiger charge is -2.16. The van der Waals surface area contributed by atoms with Gasteiger partial charge < -0.3 is 15.5 Å². The van der Waals surface area contributed by atoms with Crippen molar-refractivity contribution in [1.29, 1.82) is 0 Å². The molecule has 0 radical (unpaired) electrons. The number of unbranched alkanes of at least 4 members (excludes halogenated alkanes) is 4. The van der Waals surface area contributed by atoms with Gasteiger partial charge in [0, 0.05) is 32.1 Å². The van der Waals surface area contributed by atoms with Crippen LogP contribution in [0.2, 0.25) is 0 Å². The SMILES string of the molecule is O=C(CCCCCCC(=O)ON1C(=O)CCC1=O)CCCC[C@H]1[C@H]2NC(=O)N[C@H]2CS1(=O)=O. The number of fused-ring (bicyclic) bond motifs is 1. The lowest BCUT2D eigenvalue weighted by molar-refractivity contribution is -0.197. The van der Waals surface area contributed by atoms with Crippen LogP contribution in [0.5, 0.6) is 0 Å². The summed E-state index contributed by atoms with van der Waals surface area (Å²) in [6.07, 6.45) is 5.49. The van der Waals surface area contributed by atoms with Crippen molar-refractivity contribution in [2.75, 3.05) is 5.75 Å². The number of nitrogens with one attached hydrogen (secondary N) is 2. The van der Waals surface area contributed by atoms with Gasteiger partial charge in [-0.05, 0) is 25.7 Å². The number of Topliss-reactive ketones (excluding diaryl/α,β-unsaturated/α-hetero) is 1. The molecule has 0 aliphatic carbocycles. The van der Waals surface area contributed by atoms with Gasteiger partial charge in [0.25, 0.3) is 11.8 Å². The number of ketones is 1. The van der Waals surface area contributed by atoms with E-state index in [2.05, 4.69) is 10.6 Å². The lowest BCUT2D eigenvalue weighted by Crippen LogP contribution is -2.39. The average molecular weight is 486 g/mol. The van der Waals surface area contributed by atoms with E-state index in [9.17, 15) is 32.4 Å². The molecule has 33 heavy (non-hydrogen) atoms. The Bertz CT molecular complexity index is 887. The number of hydroxylamine groups is 2. The number of sulfone groups is 1. The Morgan fingerprint density at radius 2 is 1.48 bits per heavy atom. The summed E-state index contributed by atoms with van der Waals surface area (Å²) >= 11 is 0. The van der Waals surface area contributed by atoms with Gasteiger partial charge in [-0.2, -0.15) is 0 Å². The predicted octanol–water partition coefficient (Wildman–Crippen LogP) is 0.911. The molecular formula is C21H31N3O8S. The molecule has 0 aromatic carbocycles. The Morgan fingerprint density at radius 3 is 2.15 bits per heavy atom. The molecule has 4 amide bonds. The van der Waals surface area contributed by atoms with Gasteiger partial charge in [0.15, 0.2) is 9.84 Å². The number of carbonyl (C=O) groups excluding carboxylic acids is 5. The van der Waals surface area contributed by atoms with Gasteiger partial charge in [0.2, 0.25) is 0 Å². The van der Waals surface area contributed by atoms with Crippen LogP contribution < -0.4 is 10.6 Å². The summed E-state index contributed by atoms with van der Waals surface area (Å²) in [6, 6.07) is -1.07. The second-order valence-corrected chi connectivity index (χ2v) is 11.1. The quantitative estimate of drug-likeness (QED) is 0.221. The fourth-order valence-corrected chi connectivity index (χ4v) is 6.82. The van der Waals surface area contributed by atoms with Crippen LogP contribution in [0.25, 0.3) is 0 Å². The van der Waals surface area contributed by atoms with E-state index >= 15 is 0 Å². The summed E-state index contributed by atoms with van der Waals surface area (Å²) in [5, 5.41) is 5.27. The first-order valence-corrected chi connectivity index (χ1v) is 13.3. The van der Waals surface area contributed by atoms with Gasteiger partial charge >= 0.3 is 12.0 Å². The van der Waals surface area contributed by atoms with Crippen LogP contribution in [0, 0.1) is 0 Å². The minimum atomic E-state index is -3.24. The largest absolute Gasteiger partial charge is 0.333 e. The van der Waals surface area contributed by atoms with Gasteiger partial charge in [-0.3, -0.25) is 14.4 Å². The molecule has 0 spiro atoms. The van der Waals surface area contributed by atoms with Gasteiger partial charge in [-0.25, -0.2) is 18.0 Å². The molecule has 11 nitrogen and oxygen atoms in total. The van der Waals surface area contributed by atoms with E-state index < -0.39 is 32.9 Å². The van der Waals surface area contributed by atoms with E-state index in [1.165, 1.54) is 0 Å². The molecule has 3 atom stereocenters. The fraction of sp³-hybridized carbons (Fsp3) is 0.762. The Morgan fingerprint density at radius 1 is 0.879 bits per heavy atom. The minimum absolute atomic E-state index is 0.0355. The molecule has 2 N–H and O–H groups in total. The van der Waals surface area contributed by atoms with Crippen molar-refractivity contribution in [2.45, 2.75) is 94.4 Å². The summed E-state index contributed by atoms with van der Waals surface area (Å²) in [6.45, 7) is 0. The summed E-state index contributed by atoms with van der Waals surface area (Å²) in [7, 11) is -3.24. The molecule has 184 valence electrons. The molecule has 3 rings (SSSR count). The van der Waals surface area contributed by atoms with E-state index in [4.69, 9.17) is 4.84 Å². The average Bonchev–Trinajstić information content (AvgIpc) is 3.32. The maximum Gasteiger partial charge on any atom is 0.333 e. The van der Waals surface area contributed by atoms with Gasteiger partial charge in [0.1, 0.15) is 5.78 Å². The highest BCUT2D eigenvalue weighted by Crippen LogP contribution is 2.28. The summed E-state index contributed by atoms with van der Waals surface area (Å²) in [4.78, 5) is 62.8. The zero-order valence-corrected chi connectivity index (χ0v) is 19.4. The molecule has 0 aromatic rings. The maximum atomic E-state index is 12.3. The smallest absolute Gasteiger partial charge is 0.332 e. The third-order valence-corrected chi connectivity index (χ3v) is 8.58. The van der Waals surface area contributed by atoms with E-state index in [0.717, 1.165) is 12.8 Å². The highest BCUT2D eigenvalue weighted by atomic mass is 32.2. The maximum absolute atomic E-state index is 12.3. The molecule has 0 saturated carbocycles. The third kappa shape index (κ3) is 6.75. The van der Waals surface area contributed by atoms with E-state index in [1.54, 1.807) is 0 Å². The molecule has 3 heterocycles. The normalized spacial score (nSPS) is 25.6. The Balaban J connectivity index is 1.20. The second-order valence-electron chi connectivity index (χ2n) is 8.86. The number of imide groups is 1. The molecule has 3 aliphatic rings. The predicted molar refractivity (Wildman–Crippen MR) is 115 cm³/mol. The lowest BCUT2D eigenvalue weighted by atomic mass is 10.0. The van der Waals surface area contributed by atoms with Crippen LogP contribution in [0.15, 0.2) is 0 Å². The molecular weight excluding hydrogens is 454 g/mol. The van der Waals surface area contributed by atoms with Crippen LogP contribution >= 0.6 is 0 Å². The number of nitrogens with zero attached hydrogens (tertiary/aromatic N) is 1. The van der Waals surface area contributed by atoms with Gasteiger partial charge in [0.05, 0.1) is 23.1 Å². The number of amides is 4. The van der Waals surface area contributed by atoms with Crippen molar-refractivity contribution in [3.05, 3.63) is 0 Å². The van der Waals surface area contributed by atoms with Crippen LogP contribution in [0.1, 0.15) is 77.0 Å². The summed E-state index contributed by atoms with van der Waals surface area (Å²) in [5.74, 6) is -1.51. The van der Waals surface area contributed by atoms with E-state index in [0.29, 0.717) is 50.0 Å². The number of rotatable bonds is 13. The van der Waals surface area contributed by atoms with E-state index in [-0.39, 0.29) is 48.9 Å².